The number of anilines is 1. The molecule has 0 spiro atoms. The third-order valence-corrected chi connectivity index (χ3v) is 4.20. The fourth-order valence-electron chi connectivity index (χ4n) is 2.77. The zero-order valence-electron chi connectivity index (χ0n) is 16.7. The number of carbonyl (C=O) groups is 1. The largest absolute Gasteiger partial charge is 0.497 e. The molecule has 0 aliphatic heterocycles. The molecule has 0 saturated heterocycles. The van der Waals surface area contributed by atoms with Crippen LogP contribution >= 0.6 is 0 Å². The molecule has 0 saturated carbocycles. The summed E-state index contributed by atoms with van der Waals surface area (Å²) in [5, 5.41) is 7.36. The molecule has 0 unspecified atom stereocenters. The second kappa shape index (κ2) is 8.08. The Labute approximate surface area is 164 Å². The molecule has 0 bridgehead atoms. The van der Waals surface area contributed by atoms with Crippen LogP contribution in [0.15, 0.2) is 36.4 Å². The first-order valence-corrected chi connectivity index (χ1v) is 8.86. The van der Waals surface area contributed by atoms with Gasteiger partial charge in [0, 0.05) is 32.4 Å². The van der Waals surface area contributed by atoms with E-state index in [1.54, 1.807) is 24.9 Å². The van der Waals surface area contributed by atoms with Crippen molar-refractivity contribution in [3.63, 3.8) is 0 Å². The van der Waals surface area contributed by atoms with Crippen LogP contribution in [0.5, 0.6) is 5.75 Å². The van der Waals surface area contributed by atoms with E-state index in [0.29, 0.717) is 23.9 Å². The molecule has 2 heterocycles. The van der Waals surface area contributed by atoms with Gasteiger partial charge in [-0.1, -0.05) is 12.1 Å². The topological polar surface area (TPSA) is 85.2 Å². The summed E-state index contributed by atoms with van der Waals surface area (Å²) in [6, 6.07) is 11.2. The Kier molecular flexibility index (Phi) is 5.58. The maximum atomic E-state index is 12.7. The van der Waals surface area contributed by atoms with Gasteiger partial charge in [-0.25, -0.2) is 9.97 Å². The minimum atomic E-state index is -0.216. The quantitative estimate of drug-likeness (QED) is 0.706. The fourth-order valence-corrected chi connectivity index (χ4v) is 2.77. The summed E-state index contributed by atoms with van der Waals surface area (Å²) in [5.74, 6) is 1.14. The highest BCUT2D eigenvalue weighted by atomic mass is 16.5. The molecule has 8 nitrogen and oxygen atoms in total. The number of ether oxygens (including phenoxy) is 1. The van der Waals surface area contributed by atoms with E-state index in [1.165, 1.54) is 0 Å². The number of aromatic nitrogens is 4. The first kappa shape index (κ1) is 19.3. The molecule has 8 heteroatoms. The number of carbonyl (C=O) groups excluding carboxylic acids is 1. The van der Waals surface area contributed by atoms with Gasteiger partial charge in [-0.3, -0.25) is 9.48 Å². The van der Waals surface area contributed by atoms with Gasteiger partial charge in [-0.15, -0.1) is 0 Å². The van der Waals surface area contributed by atoms with E-state index in [-0.39, 0.29) is 5.91 Å². The lowest BCUT2D eigenvalue weighted by Gasteiger charge is -2.12. The Morgan fingerprint density at radius 2 is 2.00 bits per heavy atom. The molecule has 0 radical (unpaired) electrons. The maximum absolute atomic E-state index is 12.7. The lowest BCUT2D eigenvalue weighted by molar-refractivity contribution is 0.0941. The summed E-state index contributed by atoms with van der Waals surface area (Å²) >= 11 is 0. The summed E-state index contributed by atoms with van der Waals surface area (Å²) in [5.41, 5.74) is 3.66. The summed E-state index contributed by atoms with van der Waals surface area (Å²) < 4.78 is 6.83. The van der Waals surface area contributed by atoms with Crippen molar-refractivity contribution < 1.29 is 9.53 Å². The predicted octanol–water partition coefficient (Wildman–Crippen LogP) is 2.19. The fraction of sp³-hybridized carbons (Fsp3) is 0.300. The molecule has 28 heavy (non-hydrogen) atoms. The van der Waals surface area contributed by atoms with Crippen molar-refractivity contribution in [1.82, 2.24) is 25.1 Å². The number of nitrogens with zero attached hydrogens (tertiary/aromatic N) is 5. The zero-order chi connectivity index (χ0) is 20.3. The van der Waals surface area contributed by atoms with Crippen molar-refractivity contribution in [3.05, 3.63) is 53.5 Å². The first-order valence-electron chi connectivity index (χ1n) is 8.86. The summed E-state index contributed by atoms with van der Waals surface area (Å²) in [6.07, 6.45) is 0. The van der Waals surface area contributed by atoms with E-state index in [0.717, 1.165) is 22.7 Å². The molecule has 1 N–H and O–H groups in total. The summed E-state index contributed by atoms with van der Waals surface area (Å²) in [7, 11) is 7.13. The first-order chi connectivity index (χ1) is 13.4. The molecule has 3 rings (SSSR count). The smallest absolute Gasteiger partial charge is 0.269 e. The zero-order valence-corrected chi connectivity index (χ0v) is 16.7. The van der Waals surface area contributed by atoms with Crippen LogP contribution in [0.25, 0.3) is 11.3 Å². The van der Waals surface area contributed by atoms with Crippen LogP contribution in [0.1, 0.15) is 21.9 Å². The number of hydrogen-bond acceptors (Lipinski definition) is 6. The Morgan fingerprint density at radius 3 is 2.71 bits per heavy atom. The number of nitrogens with one attached hydrogen (secondary N) is 1. The van der Waals surface area contributed by atoms with Gasteiger partial charge in [0.15, 0.2) is 0 Å². The van der Waals surface area contributed by atoms with Gasteiger partial charge in [-0.2, -0.15) is 5.10 Å². The van der Waals surface area contributed by atoms with E-state index < -0.39 is 0 Å². The molecule has 0 fully saturated rings. The van der Waals surface area contributed by atoms with Crippen molar-refractivity contribution in [1.29, 1.82) is 0 Å². The monoisotopic (exact) mass is 380 g/mol. The number of amides is 1. The number of aryl methyl sites for hydroxylation is 2. The highest BCUT2D eigenvalue weighted by Gasteiger charge is 2.15. The Morgan fingerprint density at radius 1 is 1.21 bits per heavy atom. The SMILES string of the molecule is COc1cccc(-c2cc(C(=O)NCc3cc(C)nc(N(C)C)n3)n(C)n2)c1. The van der Waals surface area contributed by atoms with Crippen LogP contribution in [0.3, 0.4) is 0 Å². The normalized spacial score (nSPS) is 10.6. The Balaban J connectivity index is 1.76. The number of benzene rings is 1. The second-order valence-electron chi connectivity index (χ2n) is 6.65. The van der Waals surface area contributed by atoms with E-state index in [1.807, 2.05) is 56.3 Å². The summed E-state index contributed by atoms with van der Waals surface area (Å²) in [4.78, 5) is 23.3. The van der Waals surface area contributed by atoms with Crippen LogP contribution in [0.2, 0.25) is 0 Å². The van der Waals surface area contributed by atoms with Gasteiger partial charge in [0.25, 0.3) is 5.91 Å². The second-order valence-corrected chi connectivity index (χ2v) is 6.65. The number of hydrogen-bond donors (Lipinski definition) is 1. The van der Waals surface area contributed by atoms with Crippen LogP contribution in [-0.2, 0) is 13.6 Å². The molecule has 3 aromatic rings. The Hall–Kier alpha value is -3.42. The average Bonchev–Trinajstić information content (AvgIpc) is 3.07. The van der Waals surface area contributed by atoms with Crippen LogP contribution in [0.4, 0.5) is 5.95 Å². The van der Waals surface area contributed by atoms with Gasteiger partial charge in [-0.05, 0) is 31.2 Å². The summed E-state index contributed by atoms with van der Waals surface area (Å²) in [6.45, 7) is 2.21. The van der Waals surface area contributed by atoms with E-state index >= 15 is 0 Å². The molecule has 2 aromatic heterocycles. The van der Waals surface area contributed by atoms with Gasteiger partial charge in [0.05, 0.1) is 25.0 Å². The minimum absolute atomic E-state index is 0.216. The van der Waals surface area contributed by atoms with Gasteiger partial charge >= 0.3 is 0 Å². The molecule has 0 aliphatic rings. The van der Waals surface area contributed by atoms with Crippen molar-refractivity contribution in [2.45, 2.75) is 13.5 Å². The third kappa shape index (κ3) is 4.28. The van der Waals surface area contributed by atoms with Crippen LogP contribution in [0, 0.1) is 6.92 Å². The van der Waals surface area contributed by atoms with Gasteiger partial charge in [0.1, 0.15) is 11.4 Å². The van der Waals surface area contributed by atoms with E-state index in [2.05, 4.69) is 20.4 Å². The van der Waals surface area contributed by atoms with E-state index in [9.17, 15) is 4.79 Å². The van der Waals surface area contributed by atoms with Crippen molar-refractivity contribution >= 4 is 11.9 Å². The lowest BCUT2D eigenvalue weighted by atomic mass is 10.1. The molecular weight excluding hydrogens is 356 g/mol. The van der Waals surface area contributed by atoms with Crippen LogP contribution < -0.4 is 15.0 Å². The van der Waals surface area contributed by atoms with Gasteiger partial charge in [0.2, 0.25) is 5.95 Å². The number of rotatable bonds is 6. The third-order valence-electron chi connectivity index (χ3n) is 4.20. The molecule has 146 valence electrons. The number of methoxy groups -OCH3 is 1. The standard InChI is InChI=1S/C20H24N6O2/c1-13-9-15(23-20(22-13)25(2)3)12-21-19(27)18-11-17(24-26(18)4)14-7-6-8-16(10-14)28-5/h6-11H,12H2,1-5H3,(H,21,27). The van der Waals surface area contributed by atoms with Crippen molar-refractivity contribution in [2.75, 3.05) is 26.1 Å². The van der Waals surface area contributed by atoms with E-state index in [4.69, 9.17) is 4.74 Å². The van der Waals surface area contributed by atoms with Crippen molar-refractivity contribution in [3.8, 4) is 17.0 Å². The highest BCUT2D eigenvalue weighted by molar-refractivity contribution is 5.93. The Bertz CT molecular complexity index is 996. The minimum Gasteiger partial charge on any atom is -0.497 e. The average molecular weight is 380 g/mol. The lowest BCUT2D eigenvalue weighted by Crippen LogP contribution is -2.26. The van der Waals surface area contributed by atoms with Crippen LogP contribution in [-0.4, -0.2) is 46.9 Å². The van der Waals surface area contributed by atoms with Gasteiger partial charge < -0.3 is 15.0 Å². The molecule has 1 amide bonds. The molecule has 0 atom stereocenters. The predicted molar refractivity (Wildman–Crippen MR) is 107 cm³/mol. The maximum Gasteiger partial charge on any atom is 0.269 e. The molecule has 1 aromatic carbocycles. The highest BCUT2D eigenvalue weighted by Crippen LogP contribution is 2.23. The molecular formula is C20H24N6O2. The van der Waals surface area contributed by atoms with Crippen molar-refractivity contribution in [2.24, 2.45) is 7.05 Å². The molecule has 0 aliphatic carbocycles.